The number of nitrogens with zero attached hydrogens (tertiary/aromatic N) is 4. The Labute approximate surface area is 144 Å². The van der Waals surface area contributed by atoms with E-state index in [2.05, 4.69) is 20.4 Å². The lowest BCUT2D eigenvalue weighted by molar-refractivity contribution is -0.124. The van der Waals surface area contributed by atoms with Crippen molar-refractivity contribution in [2.45, 2.75) is 19.5 Å². The van der Waals surface area contributed by atoms with Gasteiger partial charge in [-0.05, 0) is 37.3 Å². The minimum Gasteiger partial charge on any atom is -0.349 e. The summed E-state index contributed by atoms with van der Waals surface area (Å²) in [7, 11) is 0. The van der Waals surface area contributed by atoms with Gasteiger partial charge in [-0.2, -0.15) is 5.10 Å². The summed E-state index contributed by atoms with van der Waals surface area (Å²) >= 11 is 0. The van der Waals surface area contributed by atoms with E-state index in [0.717, 1.165) is 11.3 Å². The molecule has 7 heteroatoms. The molecule has 1 unspecified atom stereocenters. The smallest absolute Gasteiger partial charge is 0.267 e. The first-order valence-electron chi connectivity index (χ1n) is 7.83. The van der Waals surface area contributed by atoms with Crippen LogP contribution in [0.3, 0.4) is 0 Å². The second kappa shape index (κ2) is 7.48. The monoisotopic (exact) mass is 335 g/mol. The SMILES string of the molecule is CC(C(=O)NCc1ccccn1)n1nc(-c2ccncc2)ccc1=O. The molecule has 126 valence electrons. The molecule has 1 atom stereocenters. The van der Waals surface area contributed by atoms with Crippen LogP contribution < -0.4 is 10.9 Å². The fourth-order valence-electron chi connectivity index (χ4n) is 2.32. The number of amides is 1. The van der Waals surface area contributed by atoms with Gasteiger partial charge in [0.05, 0.1) is 17.9 Å². The quantitative estimate of drug-likeness (QED) is 0.764. The molecule has 0 saturated carbocycles. The van der Waals surface area contributed by atoms with Crippen LogP contribution in [0, 0.1) is 0 Å². The van der Waals surface area contributed by atoms with Gasteiger partial charge in [-0.15, -0.1) is 0 Å². The van der Waals surface area contributed by atoms with Crippen LogP contribution in [0.1, 0.15) is 18.7 Å². The molecule has 0 spiro atoms. The second-order valence-corrected chi connectivity index (χ2v) is 5.45. The van der Waals surface area contributed by atoms with Gasteiger partial charge >= 0.3 is 0 Å². The summed E-state index contributed by atoms with van der Waals surface area (Å²) < 4.78 is 1.18. The Morgan fingerprint density at radius 1 is 1.12 bits per heavy atom. The van der Waals surface area contributed by atoms with Crippen LogP contribution in [0.2, 0.25) is 0 Å². The Bertz CT molecular complexity index is 910. The van der Waals surface area contributed by atoms with E-state index >= 15 is 0 Å². The highest BCUT2D eigenvalue weighted by atomic mass is 16.2. The Kier molecular flexibility index (Phi) is 4.94. The maximum atomic E-state index is 12.4. The van der Waals surface area contributed by atoms with Gasteiger partial charge in [0.2, 0.25) is 5.91 Å². The molecule has 3 aromatic rings. The van der Waals surface area contributed by atoms with Gasteiger partial charge in [-0.25, -0.2) is 4.68 Å². The first-order valence-corrected chi connectivity index (χ1v) is 7.83. The lowest BCUT2D eigenvalue weighted by Gasteiger charge is -2.14. The molecular weight excluding hydrogens is 318 g/mol. The van der Waals surface area contributed by atoms with Crippen LogP contribution in [-0.2, 0) is 11.3 Å². The standard InChI is InChI=1S/C18H17N5O2/c1-13(18(25)21-12-15-4-2-3-9-20-15)23-17(24)6-5-16(22-23)14-7-10-19-11-8-14/h2-11,13H,12H2,1H3,(H,21,25). The lowest BCUT2D eigenvalue weighted by Crippen LogP contribution is -2.36. The summed E-state index contributed by atoms with van der Waals surface area (Å²) in [6, 6.07) is 11.4. The molecule has 1 amide bonds. The Balaban J connectivity index is 1.78. The number of hydrogen-bond donors (Lipinski definition) is 1. The Morgan fingerprint density at radius 3 is 2.64 bits per heavy atom. The van der Waals surface area contributed by atoms with Crippen molar-refractivity contribution in [3.63, 3.8) is 0 Å². The van der Waals surface area contributed by atoms with Crippen molar-refractivity contribution < 1.29 is 4.79 Å². The molecule has 0 bridgehead atoms. The molecule has 0 aliphatic carbocycles. The summed E-state index contributed by atoms with van der Waals surface area (Å²) in [4.78, 5) is 32.6. The first kappa shape index (κ1) is 16.5. The van der Waals surface area contributed by atoms with Gasteiger partial charge in [-0.3, -0.25) is 19.6 Å². The molecule has 3 aromatic heterocycles. The zero-order chi connectivity index (χ0) is 17.6. The third kappa shape index (κ3) is 3.95. The molecule has 0 aromatic carbocycles. The largest absolute Gasteiger partial charge is 0.349 e. The van der Waals surface area contributed by atoms with Crippen molar-refractivity contribution in [2.75, 3.05) is 0 Å². The summed E-state index contributed by atoms with van der Waals surface area (Å²) in [5, 5.41) is 7.09. The number of carbonyl (C=O) groups is 1. The Morgan fingerprint density at radius 2 is 1.92 bits per heavy atom. The van der Waals surface area contributed by atoms with Gasteiger partial charge in [-0.1, -0.05) is 6.07 Å². The van der Waals surface area contributed by atoms with Crippen molar-refractivity contribution in [2.24, 2.45) is 0 Å². The minimum absolute atomic E-state index is 0.294. The number of hydrogen-bond acceptors (Lipinski definition) is 5. The van der Waals surface area contributed by atoms with Crippen LogP contribution in [0.15, 0.2) is 65.8 Å². The summed E-state index contributed by atoms with van der Waals surface area (Å²) in [5.74, 6) is -0.299. The average Bonchev–Trinajstić information content (AvgIpc) is 2.67. The van der Waals surface area contributed by atoms with Crippen LogP contribution in [0.5, 0.6) is 0 Å². The zero-order valence-electron chi connectivity index (χ0n) is 13.7. The van der Waals surface area contributed by atoms with Gasteiger partial charge < -0.3 is 5.32 Å². The van der Waals surface area contributed by atoms with Crippen molar-refractivity contribution in [1.82, 2.24) is 25.1 Å². The molecule has 0 aliphatic rings. The van der Waals surface area contributed by atoms with Gasteiger partial charge in [0, 0.05) is 30.2 Å². The molecular formula is C18H17N5O2. The average molecular weight is 335 g/mol. The van der Waals surface area contributed by atoms with Crippen LogP contribution in [-0.4, -0.2) is 25.7 Å². The van der Waals surface area contributed by atoms with E-state index in [0.29, 0.717) is 12.2 Å². The Hall–Kier alpha value is -3.35. The molecule has 3 heterocycles. The lowest BCUT2D eigenvalue weighted by atomic mass is 10.2. The van der Waals surface area contributed by atoms with E-state index in [-0.39, 0.29) is 11.5 Å². The topological polar surface area (TPSA) is 89.8 Å². The second-order valence-electron chi connectivity index (χ2n) is 5.45. The van der Waals surface area contributed by atoms with Crippen molar-refractivity contribution in [3.8, 4) is 11.3 Å². The molecule has 0 saturated heterocycles. The van der Waals surface area contributed by atoms with E-state index < -0.39 is 6.04 Å². The highest BCUT2D eigenvalue weighted by Crippen LogP contribution is 2.14. The molecule has 1 N–H and O–H groups in total. The van der Waals surface area contributed by atoms with E-state index in [9.17, 15) is 9.59 Å². The van der Waals surface area contributed by atoms with E-state index in [1.165, 1.54) is 10.7 Å². The third-order valence-electron chi connectivity index (χ3n) is 3.72. The highest BCUT2D eigenvalue weighted by molar-refractivity contribution is 5.79. The van der Waals surface area contributed by atoms with Crippen molar-refractivity contribution in [3.05, 3.63) is 77.1 Å². The maximum Gasteiger partial charge on any atom is 0.267 e. The predicted octanol–water partition coefficient (Wildman–Crippen LogP) is 1.58. The normalized spacial score (nSPS) is 11.7. The van der Waals surface area contributed by atoms with E-state index in [4.69, 9.17) is 0 Å². The maximum absolute atomic E-state index is 12.4. The van der Waals surface area contributed by atoms with Crippen molar-refractivity contribution >= 4 is 5.91 Å². The van der Waals surface area contributed by atoms with Gasteiger partial charge in [0.15, 0.2) is 0 Å². The van der Waals surface area contributed by atoms with Gasteiger partial charge in [0.1, 0.15) is 6.04 Å². The fourth-order valence-corrected chi connectivity index (χ4v) is 2.32. The molecule has 0 aliphatic heterocycles. The zero-order valence-corrected chi connectivity index (χ0v) is 13.7. The molecule has 3 rings (SSSR count). The number of rotatable bonds is 5. The first-order chi connectivity index (χ1) is 12.1. The van der Waals surface area contributed by atoms with Crippen LogP contribution >= 0.6 is 0 Å². The fraction of sp³-hybridized carbons (Fsp3) is 0.167. The summed E-state index contributed by atoms with van der Waals surface area (Å²) in [6.07, 6.45) is 4.96. The molecule has 0 radical (unpaired) electrons. The van der Waals surface area contributed by atoms with Crippen LogP contribution in [0.25, 0.3) is 11.3 Å². The van der Waals surface area contributed by atoms with Gasteiger partial charge in [0.25, 0.3) is 5.56 Å². The molecule has 7 nitrogen and oxygen atoms in total. The third-order valence-corrected chi connectivity index (χ3v) is 3.72. The predicted molar refractivity (Wildman–Crippen MR) is 92.5 cm³/mol. The summed E-state index contributed by atoms with van der Waals surface area (Å²) in [6.45, 7) is 1.93. The van der Waals surface area contributed by atoms with Crippen LogP contribution in [0.4, 0.5) is 0 Å². The number of aromatic nitrogens is 4. The van der Waals surface area contributed by atoms with E-state index in [1.807, 2.05) is 18.2 Å². The number of nitrogens with one attached hydrogen (secondary N) is 1. The number of carbonyl (C=O) groups excluding carboxylic acids is 1. The van der Waals surface area contributed by atoms with Crippen molar-refractivity contribution in [1.29, 1.82) is 0 Å². The molecule has 0 fully saturated rings. The number of pyridine rings is 2. The highest BCUT2D eigenvalue weighted by Gasteiger charge is 2.18. The summed E-state index contributed by atoms with van der Waals surface area (Å²) in [5.41, 5.74) is 1.84. The minimum atomic E-state index is -0.738. The molecule has 25 heavy (non-hydrogen) atoms. The van der Waals surface area contributed by atoms with E-state index in [1.54, 1.807) is 43.7 Å².